The third-order valence-electron chi connectivity index (χ3n) is 3.45. The second-order valence-electron chi connectivity index (χ2n) is 5.35. The Kier molecular flexibility index (Phi) is 5.02. The van der Waals surface area contributed by atoms with Gasteiger partial charge in [0.05, 0.1) is 19.3 Å². The number of aromatic nitrogens is 3. The molecule has 1 aromatic carbocycles. The summed E-state index contributed by atoms with van der Waals surface area (Å²) in [6, 6.07) is 7.90. The number of hydrogen-bond acceptors (Lipinski definition) is 5. The fraction of sp³-hybridized carbons (Fsp3) is 0.400. The molecular formula is C15H19N5O2S. The molecule has 8 heteroatoms. The third-order valence-corrected chi connectivity index (χ3v) is 4.35. The van der Waals surface area contributed by atoms with Crippen LogP contribution in [0.1, 0.15) is 5.56 Å². The molecule has 2 N–H and O–H groups in total. The van der Waals surface area contributed by atoms with Crippen LogP contribution in [0.4, 0.5) is 4.79 Å². The second-order valence-corrected chi connectivity index (χ2v) is 6.47. The minimum atomic E-state index is -0.0464. The lowest BCUT2D eigenvalue weighted by molar-refractivity contribution is 0.0446. The number of nitrogens with zero attached hydrogens (tertiary/aromatic N) is 3. The Hall–Kier alpha value is -2.22. The molecule has 3 rings (SSSR count). The van der Waals surface area contributed by atoms with Crippen LogP contribution in [0.15, 0.2) is 35.5 Å². The van der Waals surface area contributed by atoms with Gasteiger partial charge < -0.3 is 15.0 Å². The van der Waals surface area contributed by atoms with Crippen LogP contribution < -0.4 is 10.1 Å². The number of urea groups is 1. The van der Waals surface area contributed by atoms with Crippen molar-refractivity contribution >= 4 is 17.8 Å². The minimum Gasteiger partial charge on any atom is -0.487 e. The molecule has 122 valence electrons. The van der Waals surface area contributed by atoms with Crippen molar-refractivity contribution in [2.24, 2.45) is 0 Å². The van der Waals surface area contributed by atoms with Gasteiger partial charge in [-0.15, -0.1) is 16.9 Å². The fourth-order valence-electron chi connectivity index (χ4n) is 2.25. The maximum absolute atomic E-state index is 12.0. The second kappa shape index (κ2) is 7.36. The molecule has 0 radical (unpaired) electrons. The predicted octanol–water partition coefficient (Wildman–Crippen LogP) is 1.68. The maximum Gasteiger partial charge on any atom is 0.317 e. The zero-order chi connectivity index (χ0) is 16.1. The van der Waals surface area contributed by atoms with Crippen molar-refractivity contribution < 1.29 is 9.53 Å². The fourth-order valence-corrected chi connectivity index (χ4v) is 2.89. The lowest BCUT2D eigenvalue weighted by atomic mass is 10.1. The Morgan fingerprint density at radius 1 is 1.52 bits per heavy atom. The monoisotopic (exact) mass is 333 g/mol. The molecule has 2 amide bonds. The number of carbonyl (C=O) groups is 1. The molecule has 0 unspecified atom stereocenters. The topological polar surface area (TPSA) is 83.1 Å². The van der Waals surface area contributed by atoms with Gasteiger partial charge in [-0.2, -0.15) is 10.3 Å². The summed E-state index contributed by atoms with van der Waals surface area (Å²) < 4.78 is 5.84. The third kappa shape index (κ3) is 4.38. The number of H-pyrrole nitrogens is 1. The summed E-state index contributed by atoms with van der Waals surface area (Å²) in [4.78, 5) is 13.7. The van der Waals surface area contributed by atoms with Gasteiger partial charge in [0.2, 0.25) is 0 Å². The van der Waals surface area contributed by atoms with E-state index in [0.717, 1.165) is 16.5 Å². The number of likely N-dealkylation sites (tertiary alicyclic amines) is 1. The molecule has 7 nitrogen and oxygen atoms in total. The number of benzene rings is 1. The first kappa shape index (κ1) is 15.7. The Balaban J connectivity index is 1.32. The van der Waals surface area contributed by atoms with Crippen molar-refractivity contribution in [1.29, 1.82) is 0 Å². The summed E-state index contributed by atoms with van der Waals surface area (Å²) in [6.45, 7) is 3.87. The molecule has 1 aromatic heterocycles. The van der Waals surface area contributed by atoms with Crippen LogP contribution in [0.3, 0.4) is 0 Å². The van der Waals surface area contributed by atoms with Gasteiger partial charge in [0.15, 0.2) is 0 Å². The van der Waals surface area contributed by atoms with Crippen LogP contribution in [0.5, 0.6) is 5.75 Å². The molecule has 2 heterocycles. The highest BCUT2D eigenvalue weighted by atomic mass is 32.2. The van der Waals surface area contributed by atoms with E-state index in [0.29, 0.717) is 19.6 Å². The normalized spacial score (nSPS) is 14.4. The van der Waals surface area contributed by atoms with Crippen molar-refractivity contribution in [1.82, 2.24) is 25.6 Å². The van der Waals surface area contributed by atoms with E-state index in [4.69, 9.17) is 4.74 Å². The van der Waals surface area contributed by atoms with E-state index < -0.39 is 0 Å². The van der Waals surface area contributed by atoms with E-state index in [1.165, 1.54) is 5.56 Å². The highest BCUT2D eigenvalue weighted by Crippen LogP contribution is 2.19. The molecule has 0 bridgehead atoms. The number of hydrogen-bond donors (Lipinski definition) is 2. The van der Waals surface area contributed by atoms with Gasteiger partial charge in [-0.1, -0.05) is 12.1 Å². The van der Waals surface area contributed by atoms with Crippen LogP contribution in [-0.2, 0) is 0 Å². The highest BCUT2D eigenvalue weighted by molar-refractivity contribution is 7.99. The number of rotatable bonds is 6. The quantitative estimate of drug-likeness (QED) is 0.621. The summed E-state index contributed by atoms with van der Waals surface area (Å²) in [5.74, 6) is 1.62. The Bertz CT molecular complexity index is 643. The van der Waals surface area contributed by atoms with Crippen molar-refractivity contribution in [3.8, 4) is 5.75 Å². The first-order valence-corrected chi connectivity index (χ1v) is 8.44. The van der Waals surface area contributed by atoms with E-state index in [1.54, 1.807) is 22.9 Å². The lowest BCUT2D eigenvalue weighted by Gasteiger charge is -2.38. The van der Waals surface area contributed by atoms with Gasteiger partial charge in [0.1, 0.15) is 16.9 Å². The zero-order valence-corrected chi connectivity index (χ0v) is 13.7. The van der Waals surface area contributed by atoms with E-state index in [2.05, 4.69) is 20.7 Å². The number of aryl methyl sites for hydroxylation is 1. The largest absolute Gasteiger partial charge is 0.487 e. The van der Waals surface area contributed by atoms with Crippen molar-refractivity contribution in [3.63, 3.8) is 0 Å². The molecule has 0 saturated carbocycles. The van der Waals surface area contributed by atoms with Gasteiger partial charge in [-0.3, -0.25) is 0 Å². The van der Waals surface area contributed by atoms with Crippen LogP contribution >= 0.6 is 11.8 Å². The number of thioether (sulfide) groups is 1. The summed E-state index contributed by atoms with van der Waals surface area (Å²) in [5.41, 5.74) is 1.17. The Labute approximate surface area is 138 Å². The molecule has 0 aliphatic carbocycles. The lowest BCUT2D eigenvalue weighted by Crippen LogP contribution is -2.59. The summed E-state index contributed by atoms with van der Waals surface area (Å²) in [6.07, 6.45) is 1.74. The van der Waals surface area contributed by atoms with Crippen LogP contribution in [0.25, 0.3) is 0 Å². The Morgan fingerprint density at radius 3 is 3.13 bits per heavy atom. The number of ether oxygens (including phenoxy) is 1. The van der Waals surface area contributed by atoms with Crippen molar-refractivity contribution in [2.75, 3.05) is 25.4 Å². The number of carbonyl (C=O) groups excluding carboxylic acids is 1. The average molecular weight is 333 g/mol. The van der Waals surface area contributed by atoms with Gasteiger partial charge in [-0.05, 0) is 24.6 Å². The number of aromatic amines is 1. The smallest absolute Gasteiger partial charge is 0.317 e. The van der Waals surface area contributed by atoms with Crippen LogP contribution in [0, 0.1) is 6.92 Å². The SMILES string of the molecule is Cc1cccc(OC2CN(C(=O)NCCSc3cn[nH]n3)C2)c1. The standard InChI is InChI=1S/C15H19N5O2S/c1-11-3-2-4-12(7-11)22-13-9-20(10-13)15(21)16-5-6-23-14-8-17-19-18-14/h2-4,7-8,13H,5-6,9-10H2,1H3,(H,16,21)(H,17,18,19). The molecule has 0 atom stereocenters. The molecule has 1 aliphatic rings. The maximum atomic E-state index is 12.0. The summed E-state index contributed by atoms with van der Waals surface area (Å²) in [7, 11) is 0. The first-order valence-electron chi connectivity index (χ1n) is 7.45. The summed E-state index contributed by atoms with van der Waals surface area (Å²) >= 11 is 1.55. The Morgan fingerprint density at radius 2 is 2.39 bits per heavy atom. The first-order chi connectivity index (χ1) is 11.2. The van der Waals surface area contributed by atoms with Gasteiger partial charge in [0, 0.05) is 12.3 Å². The molecule has 1 fully saturated rings. The predicted molar refractivity (Wildman–Crippen MR) is 87.7 cm³/mol. The molecule has 0 spiro atoms. The molecule has 2 aromatic rings. The van der Waals surface area contributed by atoms with Gasteiger partial charge in [0.25, 0.3) is 0 Å². The van der Waals surface area contributed by atoms with Crippen LogP contribution in [-0.4, -0.2) is 57.8 Å². The van der Waals surface area contributed by atoms with E-state index >= 15 is 0 Å². The van der Waals surface area contributed by atoms with Gasteiger partial charge in [-0.25, -0.2) is 4.79 Å². The molecule has 1 saturated heterocycles. The number of nitrogens with one attached hydrogen (secondary N) is 2. The van der Waals surface area contributed by atoms with Crippen molar-refractivity contribution in [2.45, 2.75) is 18.1 Å². The summed E-state index contributed by atoms with van der Waals surface area (Å²) in [5, 5.41) is 13.9. The highest BCUT2D eigenvalue weighted by Gasteiger charge is 2.32. The van der Waals surface area contributed by atoms with Crippen molar-refractivity contribution in [3.05, 3.63) is 36.0 Å². The zero-order valence-electron chi connectivity index (χ0n) is 12.9. The van der Waals surface area contributed by atoms with Gasteiger partial charge >= 0.3 is 6.03 Å². The average Bonchev–Trinajstić information content (AvgIpc) is 3.00. The van der Waals surface area contributed by atoms with E-state index in [1.807, 2.05) is 31.2 Å². The van der Waals surface area contributed by atoms with E-state index in [-0.39, 0.29) is 12.1 Å². The molecule has 1 aliphatic heterocycles. The molecule has 23 heavy (non-hydrogen) atoms. The van der Waals surface area contributed by atoms with Crippen LogP contribution in [0.2, 0.25) is 0 Å². The molecular weight excluding hydrogens is 314 g/mol. The minimum absolute atomic E-state index is 0.0464. The number of amides is 2. The van der Waals surface area contributed by atoms with E-state index in [9.17, 15) is 4.79 Å².